The van der Waals surface area contributed by atoms with E-state index in [1.54, 1.807) is 0 Å². The van der Waals surface area contributed by atoms with E-state index in [0.717, 1.165) is 36.2 Å². The van der Waals surface area contributed by atoms with Crippen molar-refractivity contribution in [2.24, 2.45) is 0 Å². The van der Waals surface area contributed by atoms with Crippen LogP contribution in [0.25, 0.3) is 10.9 Å². The first-order valence-electron chi connectivity index (χ1n) is 7.47. The van der Waals surface area contributed by atoms with E-state index in [9.17, 15) is 0 Å². The molecular weight excluding hydrogens is 248 g/mol. The number of hydrogen-bond donors (Lipinski definition) is 1. The fraction of sp³-hybridized carbons (Fsp3) is 0.471. The van der Waals surface area contributed by atoms with Crippen molar-refractivity contribution in [3.63, 3.8) is 0 Å². The van der Waals surface area contributed by atoms with Crippen LogP contribution in [0.1, 0.15) is 33.1 Å². The Morgan fingerprint density at radius 2 is 1.95 bits per heavy atom. The van der Waals surface area contributed by atoms with Gasteiger partial charge < -0.3 is 10.1 Å². The number of para-hydroxylation sites is 1. The summed E-state index contributed by atoms with van der Waals surface area (Å²) in [4.78, 5) is 4.39. The number of nitrogens with one attached hydrogen (secondary N) is 1. The number of unbranched alkanes of at least 4 members (excludes halogenated alkanes) is 2. The van der Waals surface area contributed by atoms with Gasteiger partial charge in [-0.2, -0.15) is 0 Å². The molecule has 0 amide bonds. The zero-order valence-corrected chi connectivity index (χ0v) is 12.4. The number of benzene rings is 1. The van der Waals surface area contributed by atoms with Crippen LogP contribution < -0.4 is 10.1 Å². The first-order chi connectivity index (χ1) is 9.77. The second kappa shape index (κ2) is 7.85. The Hall–Kier alpha value is -1.61. The predicted octanol–water partition coefficient (Wildman–Crippen LogP) is 3.78. The first-order valence-corrected chi connectivity index (χ1v) is 7.47. The van der Waals surface area contributed by atoms with Gasteiger partial charge in [-0.1, -0.05) is 32.0 Å². The molecule has 0 fully saturated rings. The lowest BCUT2D eigenvalue weighted by molar-refractivity contribution is 0.307. The molecule has 0 unspecified atom stereocenters. The number of rotatable bonds is 8. The van der Waals surface area contributed by atoms with Crippen molar-refractivity contribution in [1.82, 2.24) is 10.3 Å². The minimum Gasteiger partial charge on any atom is -0.491 e. The maximum atomic E-state index is 5.86. The molecule has 3 heteroatoms. The van der Waals surface area contributed by atoms with Crippen LogP contribution in [-0.4, -0.2) is 24.2 Å². The summed E-state index contributed by atoms with van der Waals surface area (Å²) < 4.78 is 5.86. The number of hydrogen-bond acceptors (Lipinski definition) is 3. The highest BCUT2D eigenvalue weighted by atomic mass is 16.5. The molecule has 0 radical (unpaired) electrons. The van der Waals surface area contributed by atoms with Crippen LogP contribution in [0, 0.1) is 0 Å². The average molecular weight is 272 g/mol. The molecule has 0 aliphatic heterocycles. The molecule has 0 spiro atoms. The van der Waals surface area contributed by atoms with E-state index >= 15 is 0 Å². The van der Waals surface area contributed by atoms with Crippen LogP contribution in [-0.2, 0) is 0 Å². The summed E-state index contributed by atoms with van der Waals surface area (Å²) in [6, 6.07) is 10.7. The van der Waals surface area contributed by atoms with Crippen molar-refractivity contribution < 1.29 is 4.74 Å². The van der Waals surface area contributed by atoms with E-state index in [1.807, 2.05) is 24.4 Å². The Morgan fingerprint density at radius 3 is 2.80 bits per heavy atom. The SMILES string of the molecule is CC(C)NCCCCCOc1cccc2cccnc12. The zero-order valence-electron chi connectivity index (χ0n) is 12.4. The van der Waals surface area contributed by atoms with E-state index in [2.05, 4.69) is 36.3 Å². The third-order valence-corrected chi connectivity index (χ3v) is 3.23. The zero-order chi connectivity index (χ0) is 14.2. The summed E-state index contributed by atoms with van der Waals surface area (Å²) in [7, 11) is 0. The van der Waals surface area contributed by atoms with Crippen molar-refractivity contribution in [2.45, 2.75) is 39.2 Å². The molecule has 0 aliphatic rings. The first kappa shape index (κ1) is 14.8. The van der Waals surface area contributed by atoms with E-state index in [-0.39, 0.29) is 0 Å². The third kappa shape index (κ3) is 4.49. The summed E-state index contributed by atoms with van der Waals surface area (Å²) in [5, 5.41) is 4.56. The monoisotopic (exact) mass is 272 g/mol. The fourth-order valence-electron chi connectivity index (χ4n) is 2.17. The molecule has 1 aromatic carbocycles. The fourth-order valence-corrected chi connectivity index (χ4v) is 2.17. The minimum atomic E-state index is 0.577. The lowest BCUT2D eigenvalue weighted by Gasteiger charge is -2.09. The number of fused-ring (bicyclic) bond motifs is 1. The van der Waals surface area contributed by atoms with Gasteiger partial charge in [0.1, 0.15) is 11.3 Å². The van der Waals surface area contributed by atoms with Gasteiger partial charge in [0.15, 0.2) is 0 Å². The van der Waals surface area contributed by atoms with E-state index < -0.39 is 0 Å². The van der Waals surface area contributed by atoms with Crippen LogP contribution in [0.3, 0.4) is 0 Å². The molecule has 0 aliphatic carbocycles. The van der Waals surface area contributed by atoms with Crippen LogP contribution in [0.4, 0.5) is 0 Å². The molecule has 0 saturated carbocycles. The Morgan fingerprint density at radius 1 is 1.10 bits per heavy atom. The topological polar surface area (TPSA) is 34.1 Å². The van der Waals surface area contributed by atoms with E-state index in [1.165, 1.54) is 12.8 Å². The number of ether oxygens (including phenoxy) is 1. The van der Waals surface area contributed by atoms with Crippen molar-refractivity contribution >= 4 is 10.9 Å². The molecule has 1 N–H and O–H groups in total. The third-order valence-electron chi connectivity index (χ3n) is 3.23. The van der Waals surface area contributed by atoms with Gasteiger partial charge in [0.2, 0.25) is 0 Å². The summed E-state index contributed by atoms with van der Waals surface area (Å²) >= 11 is 0. The van der Waals surface area contributed by atoms with Gasteiger partial charge in [0.25, 0.3) is 0 Å². The van der Waals surface area contributed by atoms with Gasteiger partial charge in [-0.3, -0.25) is 4.98 Å². The van der Waals surface area contributed by atoms with Crippen molar-refractivity contribution in [3.8, 4) is 5.75 Å². The standard InChI is InChI=1S/C17H24N2O/c1-14(2)18-11-4-3-5-13-20-16-10-6-8-15-9-7-12-19-17(15)16/h6-10,12,14,18H,3-5,11,13H2,1-2H3. The minimum absolute atomic E-state index is 0.577. The quantitative estimate of drug-likeness (QED) is 0.743. The van der Waals surface area contributed by atoms with Crippen molar-refractivity contribution in [3.05, 3.63) is 36.5 Å². The van der Waals surface area contributed by atoms with E-state index in [0.29, 0.717) is 6.04 Å². The molecule has 2 rings (SSSR count). The Bertz CT molecular complexity index is 520. The van der Waals surface area contributed by atoms with E-state index in [4.69, 9.17) is 4.74 Å². The second-order valence-electron chi connectivity index (χ2n) is 5.35. The summed E-state index contributed by atoms with van der Waals surface area (Å²) in [5.74, 6) is 0.892. The highest BCUT2D eigenvalue weighted by Gasteiger charge is 2.02. The predicted molar refractivity (Wildman–Crippen MR) is 84.2 cm³/mol. The summed E-state index contributed by atoms with van der Waals surface area (Å²) in [6.07, 6.45) is 5.29. The molecule has 1 heterocycles. The Kier molecular flexibility index (Phi) is 5.81. The number of pyridine rings is 1. The molecule has 0 saturated heterocycles. The van der Waals surface area contributed by atoms with Crippen molar-refractivity contribution in [1.29, 1.82) is 0 Å². The Labute approximate surface area is 121 Å². The van der Waals surface area contributed by atoms with Gasteiger partial charge in [-0.15, -0.1) is 0 Å². The van der Waals surface area contributed by atoms with Gasteiger partial charge in [0.05, 0.1) is 6.61 Å². The summed E-state index contributed by atoms with van der Waals surface area (Å²) in [6.45, 7) is 6.21. The van der Waals surface area contributed by atoms with Crippen LogP contribution >= 0.6 is 0 Å². The van der Waals surface area contributed by atoms with Crippen LogP contribution in [0.2, 0.25) is 0 Å². The number of nitrogens with zero attached hydrogens (tertiary/aromatic N) is 1. The van der Waals surface area contributed by atoms with Crippen LogP contribution in [0.15, 0.2) is 36.5 Å². The molecule has 108 valence electrons. The molecular formula is C17H24N2O. The van der Waals surface area contributed by atoms with Gasteiger partial charge >= 0.3 is 0 Å². The largest absolute Gasteiger partial charge is 0.491 e. The molecule has 0 bridgehead atoms. The molecule has 1 aromatic heterocycles. The van der Waals surface area contributed by atoms with Gasteiger partial charge in [-0.25, -0.2) is 0 Å². The average Bonchev–Trinajstić information content (AvgIpc) is 2.46. The highest BCUT2D eigenvalue weighted by Crippen LogP contribution is 2.23. The van der Waals surface area contributed by atoms with Crippen molar-refractivity contribution in [2.75, 3.05) is 13.2 Å². The molecule has 3 nitrogen and oxygen atoms in total. The normalized spacial score (nSPS) is 11.2. The summed E-state index contributed by atoms with van der Waals surface area (Å²) in [5.41, 5.74) is 0.955. The smallest absolute Gasteiger partial charge is 0.145 e. The molecule has 20 heavy (non-hydrogen) atoms. The maximum Gasteiger partial charge on any atom is 0.145 e. The number of aromatic nitrogens is 1. The van der Waals surface area contributed by atoms with Gasteiger partial charge in [-0.05, 0) is 37.9 Å². The highest BCUT2D eigenvalue weighted by molar-refractivity contribution is 5.84. The second-order valence-corrected chi connectivity index (χ2v) is 5.35. The maximum absolute atomic E-state index is 5.86. The molecule has 0 atom stereocenters. The van der Waals surface area contributed by atoms with Gasteiger partial charge in [0, 0.05) is 17.6 Å². The Balaban J connectivity index is 1.73. The van der Waals surface area contributed by atoms with Crippen LogP contribution in [0.5, 0.6) is 5.75 Å². The molecule has 2 aromatic rings. The lowest BCUT2D eigenvalue weighted by Crippen LogP contribution is -2.23. The lowest BCUT2D eigenvalue weighted by atomic mass is 10.2.